The Morgan fingerprint density at radius 2 is 1.42 bits per heavy atom. The third-order valence-electron chi connectivity index (χ3n) is 4.26. The van der Waals surface area contributed by atoms with E-state index in [1.807, 2.05) is 0 Å². The van der Waals surface area contributed by atoms with Gasteiger partial charge in [-0.3, -0.25) is 4.79 Å². The smallest absolute Gasteiger partial charge is 0.246 e. The Hall–Kier alpha value is -1.36. The van der Waals surface area contributed by atoms with Crippen molar-refractivity contribution >= 4 is 11.9 Å². The van der Waals surface area contributed by atoms with E-state index in [4.69, 9.17) is 0 Å². The molecule has 5 nitrogen and oxygen atoms in total. The zero-order valence-electron chi connectivity index (χ0n) is 15.9. The van der Waals surface area contributed by atoms with Gasteiger partial charge in [-0.15, -0.1) is 0 Å². The van der Waals surface area contributed by atoms with Crippen LogP contribution in [0.2, 0.25) is 0 Å². The van der Waals surface area contributed by atoms with Crippen LogP contribution in [0, 0.1) is 0 Å². The predicted octanol–water partition coefficient (Wildman–Crippen LogP) is 2.02. The second-order valence-electron chi connectivity index (χ2n) is 7.37. The molecule has 5 heteroatoms. The van der Waals surface area contributed by atoms with Gasteiger partial charge in [0.25, 0.3) is 0 Å². The maximum absolute atomic E-state index is 11.3. The number of carbonyl (C=O) groups excluding carboxylic acids is 2. The molecule has 0 saturated heterocycles. The number of aliphatic carboxylic acids is 1. The van der Waals surface area contributed by atoms with Gasteiger partial charge >= 0.3 is 0 Å². The van der Waals surface area contributed by atoms with Gasteiger partial charge in [0.15, 0.2) is 0 Å². The monoisotopic (exact) mass is 340 g/mol. The minimum Gasteiger partial charge on any atom is -0.550 e. The standard InChI is InChI=1S/C19H36N2O3/c1-17(2)19(24)20-14-10-8-6-5-7-9-11-15-21(3,4)16-12-13-18(22)23/h1,5-16H2,2-4H3,(H-,20,22,23,24). The van der Waals surface area contributed by atoms with Crippen molar-refractivity contribution in [3.63, 3.8) is 0 Å². The molecule has 0 atom stereocenters. The average Bonchev–Trinajstić information content (AvgIpc) is 2.48. The van der Waals surface area contributed by atoms with Crippen molar-refractivity contribution in [2.24, 2.45) is 0 Å². The lowest BCUT2D eigenvalue weighted by molar-refractivity contribution is -0.890. The summed E-state index contributed by atoms with van der Waals surface area (Å²) in [6.45, 7) is 8.06. The lowest BCUT2D eigenvalue weighted by atomic mass is 10.1. The van der Waals surface area contributed by atoms with Gasteiger partial charge in [0.05, 0.1) is 27.2 Å². The van der Waals surface area contributed by atoms with Gasteiger partial charge in [0.1, 0.15) is 0 Å². The molecule has 1 amide bonds. The largest absolute Gasteiger partial charge is 0.550 e. The van der Waals surface area contributed by atoms with E-state index in [-0.39, 0.29) is 12.3 Å². The molecule has 0 aromatic carbocycles. The first-order chi connectivity index (χ1) is 11.2. The van der Waals surface area contributed by atoms with Crippen molar-refractivity contribution in [2.45, 2.75) is 64.7 Å². The summed E-state index contributed by atoms with van der Waals surface area (Å²) in [6.07, 6.45) is 9.16. The van der Waals surface area contributed by atoms with E-state index in [9.17, 15) is 14.7 Å². The van der Waals surface area contributed by atoms with Crippen LogP contribution in [0.3, 0.4) is 0 Å². The highest BCUT2D eigenvalue weighted by molar-refractivity contribution is 5.91. The molecule has 0 aliphatic heterocycles. The molecule has 0 saturated carbocycles. The third-order valence-corrected chi connectivity index (χ3v) is 4.26. The molecule has 0 spiro atoms. The van der Waals surface area contributed by atoms with Crippen LogP contribution in [-0.4, -0.2) is 50.1 Å². The van der Waals surface area contributed by atoms with Gasteiger partial charge in [-0.05, 0) is 32.6 Å². The summed E-state index contributed by atoms with van der Waals surface area (Å²) < 4.78 is 0.885. The molecule has 0 aromatic rings. The van der Waals surface area contributed by atoms with Gasteiger partial charge < -0.3 is 19.7 Å². The summed E-state index contributed by atoms with van der Waals surface area (Å²) in [5, 5.41) is 13.3. The number of rotatable bonds is 15. The van der Waals surface area contributed by atoms with E-state index >= 15 is 0 Å². The number of nitrogens with zero attached hydrogens (tertiary/aromatic N) is 1. The van der Waals surface area contributed by atoms with Crippen molar-refractivity contribution < 1.29 is 19.2 Å². The van der Waals surface area contributed by atoms with Gasteiger partial charge in [0.2, 0.25) is 5.91 Å². The molecule has 0 fully saturated rings. The Bertz CT molecular complexity index is 392. The zero-order valence-corrected chi connectivity index (χ0v) is 15.9. The van der Waals surface area contributed by atoms with Gasteiger partial charge in [-0.25, -0.2) is 0 Å². The minimum atomic E-state index is -0.950. The van der Waals surface area contributed by atoms with Crippen LogP contribution in [0.4, 0.5) is 0 Å². The van der Waals surface area contributed by atoms with Crippen LogP contribution in [0.25, 0.3) is 0 Å². The summed E-state index contributed by atoms with van der Waals surface area (Å²) in [6, 6.07) is 0. The quantitative estimate of drug-likeness (QED) is 0.282. The van der Waals surface area contributed by atoms with Crippen LogP contribution < -0.4 is 10.4 Å². The summed E-state index contributed by atoms with van der Waals surface area (Å²) >= 11 is 0. The molecule has 0 aromatic heterocycles. The molecule has 140 valence electrons. The maximum Gasteiger partial charge on any atom is 0.246 e. The molecular weight excluding hydrogens is 304 g/mol. The number of carboxylic acids is 1. The zero-order chi connectivity index (χ0) is 18.4. The molecule has 0 radical (unpaired) electrons. The number of nitrogens with one attached hydrogen (secondary N) is 1. The Morgan fingerprint density at radius 1 is 0.917 bits per heavy atom. The van der Waals surface area contributed by atoms with Crippen molar-refractivity contribution in [1.82, 2.24) is 5.32 Å². The number of hydrogen-bond donors (Lipinski definition) is 1. The van der Waals surface area contributed by atoms with E-state index in [2.05, 4.69) is 26.0 Å². The molecule has 0 bridgehead atoms. The lowest BCUT2D eigenvalue weighted by Crippen LogP contribution is -2.41. The predicted molar refractivity (Wildman–Crippen MR) is 96.2 cm³/mol. The number of carbonyl (C=O) groups is 2. The summed E-state index contributed by atoms with van der Waals surface area (Å²) in [7, 11) is 4.32. The van der Waals surface area contributed by atoms with E-state index < -0.39 is 5.97 Å². The average molecular weight is 341 g/mol. The molecule has 0 aliphatic rings. The maximum atomic E-state index is 11.3. The number of amides is 1. The van der Waals surface area contributed by atoms with Crippen LogP contribution in [0.5, 0.6) is 0 Å². The lowest BCUT2D eigenvalue weighted by Gasteiger charge is -2.30. The minimum absolute atomic E-state index is 0.0460. The van der Waals surface area contributed by atoms with Crippen molar-refractivity contribution in [1.29, 1.82) is 0 Å². The third kappa shape index (κ3) is 14.2. The second kappa shape index (κ2) is 13.0. The second-order valence-corrected chi connectivity index (χ2v) is 7.37. The number of unbranched alkanes of at least 4 members (excludes halogenated alkanes) is 6. The summed E-state index contributed by atoms with van der Waals surface area (Å²) in [5.74, 6) is -0.996. The van der Waals surface area contributed by atoms with Crippen LogP contribution in [0.15, 0.2) is 12.2 Å². The van der Waals surface area contributed by atoms with Crippen LogP contribution in [0.1, 0.15) is 64.7 Å². The van der Waals surface area contributed by atoms with Crippen LogP contribution >= 0.6 is 0 Å². The normalized spacial score (nSPS) is 11.3. The molecule has 0 heterocycles. The first kappa shape index (κ1) is 22.6. The highest BCUT2D eigenvalue weighted by Crippen LogP contribution is 2.10. The van der Waals surface area contributed by atoms with Crippen molar-refractivity contribution in [3.8, 4) is 0 Å². The fourth-order valence-electron chi connectivity index (χ4n) is 2.66. The van der Waals surface area contributed by atoms with E-state index in [0.29, 0.717) is 12.0 Å². The fourth-order valence-corrected chi connectivity index (χ4v) is 2.66. The number of hydrogen-bond acceptors (Lipinski definition) is 3. The molecule has 0 rings (SSSR count). The van der Waals surface area contributed by atoms with Crippen LogP contribution in [-0.2, 0) is 9.59 Å². The van der Waals surface area contributed by atoms with Crippen molar-refractivity contribution in [3.05, 3.63) is 12.2 Å². The van der Waals surface area contributed by atoms with E-state index in [1.54, 1.807) is 6.92 Å². The first-order valence-corrected chi connectivity index (χ1v) is 9.20. The van der Waals surface area contributed by atoms with Gasteiger partial charge in [-0.1, -0.05) is 32.3 Å². The summed E-state index contributed by atoms with van der Waals surface area (Å²) in [5.41, 5.74) is 0.566. The Morgan fingerprint density at radius 3 is 1.96 bits per heavy atom. The van der Waals surface area contributed by atoms with E-state index in [1.165, 1.54) is 32.1 Å². The van der Waals surface area contributed by atoms with Gasteiger partial charge in [0, 0.05) is 24.5 Å². The molecule has 0 unspecified atom stereocenters. The SMILES string of the molecule is C=C(C)C(=O)NCCCCCCCCC[N+](C)(C)CCCC(=O)[O-]. The fraction of sp³-hybridized carbons (Fsp3) is 0.789. The molecular formula is C19H36N2O3. The Kier molecular flexibility index (Phi) is 12.3. The topological polar surface area (TPSA) is 69.2 Å². The molecule has 24 heavy (non-hydrogen) atoms. The summed E-state index contributed by atoms with van der Waals surface area (Å²) in [4.78, 5) is 21.7. The van der Waals surface area contributed by atoms with Gasteiger partial charge in [-0.2, -0.15) is 0 Å². The Balaban J connectivity index is 3.42. The first-order valence-electron chi connectivity index (χ1n) is 9.20. The van der Waals surface area contributed by atoms with Crippen molar-refractivity contribution in [2.75, 3.05) is 33.7 Å². The highest BCUT2D eigenvalue weighted by atomic mass is 16.4. The Labute approximate surface area is 147 Å². The molecule has 1 N–H and O–H groups in total. The highest BCUT2D eigenvalue weighted by Gasteiger charge is 2.13. The number of quaternary nitrogens is 1. The number of carboxylic acid groups (broad SMARTS) is 1. The van der Waals surface area contributed by atoms with E-state index in [0.717, 1.165) is 37.0 Å². The molecule has 0 aliphatic carbocycles.